The summed E-state index contributed by atoms with van der Waals surface area (Å²) in [5.74, 6) is 0.955. The molecule has 2 heterocycles. The zero-order valence-electron chi connectivity index (χ0n) is 17.3. The molecule has 1 amide bonds. The van der Waals surface area contributed by atoms with Crippen molar-refractivity contribution in [2.45, 2.75) is 39.4 Å². The summed E-state index contributed by atoms with van der Waals surface area (Å²) in [7, 11) is 1.64. The summed E-state index contributed by atoms with van der Waals surface area (Å²) < 4.78 is 7.31. The molecule has 29 heavy (non-hydrogen) atoms. The third kappa shape index (κ3) is 4.76. The summed E-state index contributed by atoms with van der Waals surface area (Å²) in [6, 6.07) is 6.17. The van der Waals surface area contributed by atoms with Gasteiger partial charge >= 0.3 is 0 Å². The van der Waals surface area contributed by atoms with Crippen LogP contribution in [0.1, 0.15) is 27.9 Å². The van der Waals surface area contributed by atoms with Crippen LogP contribution >= 0.6 is 11.8 Å². The first-order valence-corrected chi connectivity index (χ1v) is 10.3. The van der Waals surface area contributed by atoms with Crippen LogP contribution < -0.4 is 10.1 Å². The van der Waals surface area contributed by atoms with Gasteiger partial charge in [-0.1, -0.05) is 17.8 Å². The number of aromatic nitrogens is 4. The number of amides is 1. The van der Waals surface area contributed by atoms with Crippen molar-refractivity contribution in [2.24, 2.45) is 0 Å². The maximum absolute atomic E-state index is 12.3. The molecule has 3 rings (SSSR count). The van der Waals surface area contributed by atoms with Gasteiger partial charge in [0.15, 0.2) is 5.16 Å². The van der Waals surface area contributed by atoms with Crippen molar-refractivity contribution < 1.29 is 9.53 Å². The van der Waals surface area contributed by atoms with Gasteiger partial charge in [-0.05, 0) is 51.0 Å². The molecule has 0 bridgehead atoms. The molecule has 0 aliphatic rings. The Kier molecular flexibility index (Phi) is 6.53. The molecule has 0 aliphatic heterocycles. The topological polar surface area (TPSA) is 81.9 Å². The monoisotopic (exact) mass is 411 g/mol. The van der Waals surface area contributed by atoms with Crippen LogP contribution in [0.3, 0.4) is 0 Å². The van der Waals surface area contributed by atoms with Gasteiger partial charge < -0.3 is 10.1 Å². The molecule has 0 aliphatic carbocycles. The molecule has 152 valence electrons. The summed E-state index contributed by atoms with van der Waals surface area (Å²) in [6.07, 6.45) is 3.42. The zero-order valence-corrected chi connectivity index (χ0v) is 18.1. The van der Waals surface area contributed by atoms with E-state index in [1.54, 1.807) is 19.6 Å². The number of nitrogens with one attached hydrogen (secondary N) is 1. The van der Waals surface area contributed by atoms with Crippen LogP contribution in [0.15, 0.2) is 35.9 Å². The quantitative estimate of drug-likeness (QED) is 0.601. The van der Waals surface area contributed by atoms with E-state index in [1.165, 1.54) is 22.9 Å². The van der Waals surface area contributed by atoms with Crippen molar-refractivity contribution in [2.75, 3.05) is 12.9 Å². The van der Waals surface area contributed by atoms with Crippen LogP contribution in [0.2, 0.25) is 0 Å². The number of carbonyl (C=O) groups excluding carboxylic acids is 1. The van der Waals surface area contributed by atoms with Crippen molar-refractivity contribution in [3.8, 4) is 11.4 Å². The molecule has 8 heteroatoms. The molecule has 0 fully saturated rings. The van der Waals surface area contributed by atoms with Crippen molar-refractivity contribution in [1.29, 1.82) is 0 Å². The van der Waals surface area contributed by atoms with Crippen molar-refractivity contribution >= 4 is 17.7 Å². The minimum atomic E-state index is -0.0922. The molecule has 3 aromatic rings. The SMILES string of the molecule is COc1c(C)cnc(CNC(=O)CSc2nncn2-c2ccc(C)c(C)c2)c1C. The Hall–Kier alpha value is -2.87. The van der Waals surface area contributed by atoms with Crippen molar-refractivity contribution in [1.82, 2.24) is 25.1 Å². The third-order valence-electron chi connectivity index (χ3n) is 4.82. The van der Waals surface area contributed by atoms with E-state index in [9.17, 15) is 4.79 Å². The van der Waals surface area contributed by atoms with Gasteiger partial charge in [-0.3, -0.25) is 14.3 Å². The molecule has 0 saturated carbocycles. The van der Waals surface area contributed by atoms with Crippen LogP contribution in [0.5, 0.6) is 5.75 Å². The standard InChI is InChI=1S/C21H25N5O2S/c1-13-6-7-17(8-14(13)2)26-12-24-25-21(26)29-11-19(27)23-10-18-16(4)20(28-5)15(3)9-22-18/h6-9,12H,10-11H2,1-5H3,(H,23,27). The second kappa shape index (κ2) is 9.09. The molecule has 1 aromatic carbocycles. The van der Waals surface area contributed by atoms with E-state index in [0.717, 1.165) is 28.3 Å². The lowest BCUT2D eigenvalue weighted by Crippen LogP contribution is -2.25. The average Bonchev–Trinajstić information content (AvgIpc) is 3.17. The number of carbonyl (C=O) groups is 1. The lowest BCUT2D eigenvalue weighted by atomic mass is 10.1. The van der Waals surface area contributed by atoms with Crippen LogP contribution in [0.25, 0.3) is 5.69 Å². The number of benzene rings is 1. The maximum atomic E-state index is 12.3. The van der Waals surface area contributed by atoms with E-state index in [2.05, 4.69) is 46.5 Å². The highest BCUT2D eigenvalue weighted by Gasteiger charge is 2.13. The first kappa shape index (κ1) is 20.9. The van der Waals surface area contributed by atoms with Gasteiger partial charge in [-0.25, -0.2) is 0 Å². The Labute approximate surface area is 174 Å². The number of rotatable bonds is 7. The summed E-state index contributed by atoms with van der Waals surface area (Å²) in [6.45, 7) is 8.39. The summed E-state index contributed by atoms with van der Waals surface area (Å²) in [5.41, 5.74) is 6.11. The predicted molar refractivity (Wildman–Crippen MR) is 114 cm³/mol. The Morgan fingerprint density at radius 2 is 1.97 bits per heavy atom. The summed E-state index contributed by atoms with van der Waals surface area (Å²) >= 11 is 1.35. The fraction of sp³-hybridized carbons (Fsp3) is 0.333. The minimum absolute atomic E-state index is 0.0922. The molecule has 0 spiro atoms. The zero-order chi connectivity index (χ0) is 21.0. The normalized spacial score (nSPS) is 10.8. The van der Waals surface area contributed by atoms with Gasteiger partial charge in [0, 0.05) is 23.0 Å². The molecule has 0 unspecified atom stereocenters. The Morgan fingerprint density at radius 3 is 2.69 bits per heavy atom. The third-order valence-corrected chi connectivity index (χ3v) is 5.76. The predicted octanol–water partition coefficient (Wildman–Crippen LogP) is 3.31. The minimum Gasteiger partial charge on any atom is -0.496 e. The number of pyridine rings is 1. The highest BCUT2D eigenvalue weighted by Crippen LogP contribution is 2.24. The van der Waals surface area contributed by atoms with E-state index in [-0.39, 0.29) is 11.7 Å². The number of hydrogen-bond donors (Lipinski definition) is 1. The number of thioether (sulfide) groups is 1. The van der Waals surface area contributed by atoms with E-state index < -0.39 is 0 Å². The second-order valence-corrected chi connectivity index (χ2v) is 7.81. The van der Waals surface area contributed by atoms with E-state index >= 15 is 0 Å². The fourth-order valence-corrected chi connectivity index (χ4v) is 3.75. The van der Waals surface area contributed by atoms with Gasteiger partial charge in [-0.15, -0.1) is 10.2 Å². The Bertz CT molecular complexity index is 1030. The lowest BCUT2D eigenvalue weighted by Gasteiger charge is -2.13. The van der Waals surface area contributed by atoms with E-state index in [4.69, 9.17) is 4.74 Å². The molecular weight excluding hydrogens is 386 g/mol. The average molecular weight is 412 g/mol. The largest absolute Gasteiger partial charge is 0.496 e. The lowest BCUT2D eigenvalue weighted by molar-refractivity contribution is -0.118. The molecule has 2 aromatic heterocycles. The molecule has 0 radical (unpaired) electrons. The van der Waals surface area contributed by atoms with Gasteiger partial charge in [0.1, 0.15) is 12.1 Å². The van der Waals surface area contributed by atoms with Crippen LogP contribution in [-0.2, 0) is 11.3 Å². The fourth-order valence-electron chi connectivity index (χ4n) is 2.99. The van der Waals surface area contributed by atoms with E-state index in [1.807, 2.05) is 24.5 Å². The van der Waals surface area contributed by atoms with Gasteiger partial charge in [0.2, 0.25) is 5.91 Å². The Balaban J connectivity index is 1.61. The highest BCUT2D eigenvalue weighted by atomic mass is 32.2. The highest BCUT2D eigenvalue weighted by molar-refractivity contribution is 7.99. The van der Waals surface area contributed by atoms with Crippen LogP contribution in [0.4, 0.5) is 0 Å². The van der Waals surface area contributed by atoms with Crippen molar-refractivity contribution in [3.63, 3.8) is 0 Å². The van der Waals surface area contributed by atoms with Gasteiger partial charge in [0.25, 0.3) is 0 Å². The van der Waals surface area contributed by atoms with Gasteiger partial charge in [0.05, 0.1) is 25.1 Å². The van der Waals surface area contributed by atoms with Crippen LogP contribution in [0, 0.1) is 27.7 Å². The number of hydrogen-bond acceptors (Lipinski definition) is 6. The number of ether oxygens (including phenoxy) is 1. The second-order valence-electron chi connectivity index (χ2n) is 6.86. The summed E-state index contributed by atoms with van der Waals surface area (Å²) in [4.78, 5) is 16.8. The summed E-state index contributed by atoms with van der Waals surface area (Å²) in [5, 5.41) is 11.7. The molecule has 1 N–H and O–H groups in total. The number of methoxy groups -OCH3 is 1. The Morgan fingerprint density at radius 1 is 1.17 bits per heavy atom. The number of nitrogens with zero attached hydrogens (tertiary/aromatic N) is 4. The smallest absolute Gasteiger partial charge is 0.230 e. The first-order valence-electron chi connectivity index (χ1n) is 9.27. The molecule has 0 saturated heterocycles. The van der Waals surface area contributed by atoms with Crippen LogP contribution in [-0.4, -0.2) is 38.5 Å². The molecule has 0 atom stereocenters. The molecule has 7 nitrogen and oxygen atoms in total. The van der Waals surface area contributed by atoms with Gasteiger partial charge in [-0.2, -0.15) is 0 Å². The van der Waals surface area contributed by atoms with Crippen molar-refractivity contribution in [3.05, 3.63) is 58.7 Å². The first-order chi connectivity index (χ1) is 13.9. The number of aryl methyl sites for hydroxylation is 3. The van der Waals surface area contributed by atoms with E-state index in [0.29, 0.717) is 11.7 Å². The maximum Gasteiger partial charge on any atom is 0.230 e. The molecular formula is C21H25N5O2S.